The van der Waals surface area contributed by atoms with E-state index in [1.807, 2.05) is 0 Å². The molecule has 0 unspecified atom stereocenters. The van der Waals surface area contributed by atoms with Gasteiger partial charge in [0, 0.05) is 0 Å². The smallest absolute Gasteiger partial charge is 0.0806 e. The molecule has 2 rings (SSSR count). The Bertz CT molecular complexity index is 466. The zero-order chi connectivity index (χ0) is 12.3. The summed E-state index contributed by atoms with van der Waals surface area (Å²) in [5.74, 6) is 0. The van der Waals surface area contributed by atoms with E-state index in [4.69, 9.17) is 0 Å². The minimum atomic E-state index is -0.236. The molecular weight excluding hydrogens is 220 g/mol. The molecule has 0 aromatic heterocycles. The van der Waals surface area contributed by atoms with Crippen LogP contribution in [0.25, 0.3) is 0 Å². The van der Waals surface area contributed by atoms with E-state index in [0.29, 0.717) is 0 Å². The standard InChI is InChI=1S/C16H22Si/c1-4-7-14-9-6-11-16(14)17-15-10-5-8-12(2)13(15)3/h5-6,8-10H,4,7,11,17H2,1-3H3. The topological polar surface area (TPSA) is 0 Å². The van der Waals surface area contributed by atoms with Crippen LogP contribution in [0.5, 0.6) is 0 Å². The Hall–Kier alpha value is -1.08. The van der Waals surface area contributed by atoms with Crippen LogP contribution in [-0.4, -0.2) is 9.52 Å². The highest BCUT2D eigenvalue weighted by Crippen LogP contribution is 2.22. The van der Waals surface area contributed by atoms with Gasteiger partial charge in [0.25, 0.3) is 0 Å². The largest absolute Gasteiger partial charge is 0.0835 e. The van der Waals surface area contributed by atoms with Gasteiger partial charge in [-0.25, -0.2) is 0 Å². The third-order valence-corrected chi connectivity index (χ3v) is 6.09. The summed E-state index contributed by atoms with van der Waals surface area (Å²) in [6.45, 7) is 6.78. The van der Waals surface area contributed by atoms with E-state index in [1.165, 1.54) is 30.4 Å². The van der Waals surface area contributed by atoms with Crippen molar-refractivity contribution < 1.29 is 0 Å². The normalized spacial score (nSPS) is 15.5. The lowest BCUT2D eigenvalue weighted by atomic mass is 10.1. The van der Waals surface area contributed by atoms with Crippen molar-refractivity contribution in [1.29, 1.82) is 0 Å². The molecule has 90 valence electrons. The third-order valence-electron chi connectivity index (χ3n) is 3.78. The summed E-state index contributed by atoms with van der Waals surface area (Å²) in [6, 6.07) is 6.78. The molecule has 1 aromatic carbocycles. The van der Waals surface area contributed by atoms with Crippen molar-refractivity contribution in [3.8, 4) is 0 Å². The van der Waals surface area contributed by atoms with Crippen molar-refractivity contribution in [3.05, 3.63) is 52.2 Å². The lowest BCUT2D eigenvalue weighted by Crippen LogP contribution is -2.20. The van der Waals surface area contributed by atoms with Crippen LogP contribution >= 0.6 is 0 Å². The van der Waals surface area contributed by atoms with Crippen molar-refractivity contribution >= 4 is 14.7 Å². The van der Waals surface area contributed by atoms with E-state index in [9.17, 15) is 0 Å². The van der Waals surface area contributed by atoms with E-state index < -0.39 is 0 Å². The molecule has 0 nitrogen and oxygen atoms in total. The molecule has 17 heavy (non-hydrogen) atoms. The third kappa shape index (κ3) is 2.78. The Labute approximate surface area is 107 Å². The maximum absolute atomic E-state index is 2.36. The van der Waals surface area contributed by atoms with Gasteiger partial charge in [0.15, 0.2) is 0 Å². The van der Waals surface area contributed by atoms with Gasteiger partial charge in [-0.3, -0.25) is 0 Å². The second-order valence-corrected chi connectivity index (χ2v) is 6.99. The molecule has 0 saturated heterocycles. The predicted molar refractivity (Wildman–Crippen MR) is 79.8 cm³/mol. The molecule has 0 heterocycles. The first-order valence-electron chi connectivity index (χ1n) is 6.65. The van der Waals surface area contributed by atoms with Crippen molar-refractivity contribution in [1.82, 2.24) is 0 Å². The van der Waals surface area contributed by atoms with Gasteiger partial charge in [0.2, 0.25) is 0 Å². The van der Waals surface area contributed by atoms with E-state index >= 15 is 0 Å². The van der Waals surface area contributed by atoms with Gasteiger partial charge in [-0.2, -0.15) is 0 Å². The molecule has 0 atom stereocenters. The Morgan fingerprint density at radius 3 is 2.82 bits per heavy atom. The summed E-state index contributed by atoms with van der Waals surface area (Å²) in [7, 11) is -0.236. The number of hydrogen-bond donors (Lipinski definition) is 0. The molecule has 1 aromatic rings. The highest BCUT2D eigenvalue weighted by atomic mass is 28.2. The Morgan fingerprint density at radius 2 is 2.06 bits per heavy atom. The maximum atomic E-state index is 2.36. The SMILES string of the molecule is CCCC1=C([SiH2]c2cccc(C)c2C)CC=C1. The molecule has 0 saturated carbocycles. The number of hydrogen-bond acceptors (Lipinski definition) is 0. The van der Waals surface area contributed by atoms with Crippen LogP contribution in [0.3, 0.4) is 0 Å². The van der Waals surface area contributed by atoms with Crippen LogP contribution in [0.1, 0.15) is 37.3 Å². The number of rotatable bonds is 4. The van der Waals surface area contributed by atoms with Gasteiger partial charge in [-0.1, -0.05) is 59.7 Å². The summed E-state index contributed by atoms with van der Waals surface area (Å²) in [5.41, 5.74) is 4.60. The summed E-state index contributed by atoms with van der Waals surface area (Å²) in [4.78, 5) is 0. The van der Waals surface area contributed by atoms with Crippen LogP contribution in [0.4, 0.5) is 0 Å². The molecule has 0 aliphatic heterocycles. The van der Waals surface area contributed by atoms with Crippen molar-refractivity contribution in [3.63, 3.8) is 0 Å². The lowest BCUT2D eigenvalue weighted by Gasteiger charge is -2.10. The highest BCUT2D eigenvalue weighted by Gasteiger charge is 2.11. The minimum Gasteiger partial charge on any atom is -0.0806 e. The predicted octanol–water partition coefficient (Wildman–Crippen LogP) is 3.11. The maximum Gasteiger partial charge on any atom is 0.0835 e. The van der Waals surface area contributed by atoms with Gasteiger partial charge in [-0.15, -0.1) is 0 Å². The molecule has 0 fully saturated rings. The lowest BCUT2D eigenvalue weighted by molar-refractivity contribution is 0.924. The first kappa shape index (κ1) is 12.4. The summed E-state index contributed by atoms with van der Waals surface area (Å²) < 4.78 is 0. The van der Waals surface area contributed by atoms with Crippen LogP contribution < -0.4 is 5.19 Å². The summed E-state index contributed by atoms with van der Waals surface area (Å²) in [6.07, 6.45) is 8.46. The van der Waals surface area contributed by atoms with Crippen LogP contribution in [-0.2, 0) is 0 Å². The Balaban J connectivity index is 2.21. The van der Waals surface area contributed by atoms with Crippen molar-refractivity contribution in [2.45, 2.75) is 40.0 Å². The van der Waals surface area contributed by atoms with Crippen LogP contribution in [0.15, 0.2) is 41.1 Å². The first-order chi connectivity index (χ1) is 8.22. The van der Waals surface area contributed by atoms with E-state index in [-0.39, 0.29) is 9.52 Å². The van der Waals surface area contributed by atoms with Crippen molar-refractivity contribution in [2.24, 2.45) is 0 Å². The van der Waals surface area contributed by atoms with Gasteiger partial charge >= 0.3 is 0 Å². The van der Waals surface area contributed by atoms with Gasteiger partial charge in [0.05, 0.1) is 9.52 Å². The molecule has 0 bridgehead atoms. The van der Waals surface area contributed by atoms with Crippen LogP contribution in [0, 0.1) is 13.8 Å². The Morgan fingerprint density at radius 1 is 1.24 bits per heavy atom. The first-order valence-corrected chi connectivity index (χ1v) is 8.06. The number of benzene rings is 1. The molecule has 1 aliphatic carbocycles. The minimum absolute atomic E-state index is 0.236. The summed E-state index contributed by atoms with van der Waals surface area (Å²) >= 11 is 0. The average molecular weight is 242 g/mol. The van der Waals surface area contributed by atoms with Gasteiger partial charge < -0.3 is 0 Å². The highest BCUT2D eigenvalue weighted by molar-refractivity contribution is 6.62. The zero-order valence-corrected chi connectivity index (χ0v) is 12.6. The Kier molecular flexibility index (Phi) is 4.00. The fourth-order valence-electron chi connectivity index (χ4n) is 2.54. The molecule has 0 spiro atoms. The van der Waals surface area contributed by atoms with Gasteiger partial charge in [-0.05, 0) is 37.8 Å². The monoisotopic (exact) mass is 242 g/mol. The van der Waals surface area contributed by atoms with E-state index in [1.54, 1.807) is 16.0 Å². The molecular formula is C16H22Si. The fourth-order valence-corrected chi connectivity index (χ4v) is 4.63. The number of allylic oxidation sites excluding steroid dienone is 4. The molecule has 0 N–H and O–H groups in total. The second-order valence-electron chi connectivity index (χ2n) is 5.02. The average Bonchev–Trinajstić information content (AvgIpc) is 2.73. The zero-order valence-electron chi connectivity index (χ0n) is 11.2. The molecule has 0 amide bonds. The molecule has 0 radical (unpaired) electrons. The van der Waals surface area contributed by atoms with Crippen LogP contribution in [0.2, 0.25) is 0 Å². The van der Waals surface area contributed by atoms with E-state index in [2.05, 4.69) is 51.1 Å². The molecule has 1 heteroatoms. The van der Waals surface area contributed by atoms with Gasteiger partial charge in [0.1, 0.15) is 0 Å². The second kappa shape index (κ2) is 5.50. The van der Waals surface area contributed by atoms with E-state index in [0.717, 1.165) is 0 Å². The number of aryl methyl sites for hydroxylation is 1. The fraction of sp³-hybridized carbons (Fsp3) is 0.375. The summed E-state index contributed by atoms with van der Waals surface area (Å²) in [5, 5.41) is 3.40. The molecule has 1 aliphatic rings. The van der Waals surface area contributed by atoms with Crippen molar-refractivity contribution in [2.75, 3.05) is 0 Å². The quantitative estimate of drug-likeness (QED) is 0.712.